The molecular formula is C12H18N2O2S. The highest BCUT2D eigenvalue weighted by Crippen LogP contribution is 2.34. The molecule has 1 unspecified atom stereocenters. The molecule has 0 spiro atoms. The van der Waals surface area contributed by atoms with Crippen molar-refractivity contribution in [3.8, 4) is 0 Å². The molecular weight excluding hydrogens is 236 g/mol. The van der Waals surface area contributed by atoms with Crippen molar-refractivity contribution in [3.05, 3.63) is 16.1 Å². The zero-order valence-electron chi connectivity index (χ0n) is 9.98. The SMILES string of the molecule is CCc1ncsc1C(=O)NC(CCO)C1CC1. The molecule has 5 heteroatoms. The number of rotatable bonds is 6. The fourth-order valence-electron chi connectivity index (χ4n) is 2.00. The molecule has 1 amide bonds. The Bertz CT molecular complexity index is 388. The normalized spacial score (nSPS) is 16.8. The predicted molar refractivity (Wildman–Crippen MR) is 67.2 cm³/mol. The van der Waals surface area contributed by atoms with Gasteiger partial charge < -0.3 is 10.4 Å². The summed E-state index contributed by atoms with van der Waals surface area (Å²) in [6.45, 7) is 2.13. The van der Waals surface area contributed by atoms with Crippen molar-refractivity contribution in [2.45, 2.75) is 38.6 Å². The lowest BCUT2D eigenvalue weighted by Crippen LogP contribution is -2.37. The molecule has 0 aromatic carbocycles. The van der Waals surface area contributed by atoms with Gasteiger partial charge in [-0.1, -0.05) is 6.92 Å². The monoisotopic (exact) mass is 254 g/mol. The number of carbonyl (C=O) groups excluding carboxylic acids is 1. The summed E-state index contributed by atoms with van der Waals surface area (Å²) in [5, 5.41) is 12.0. The topological polar surface area (TPSA) is 62.2 Å². The molecule has 1 heterocycles. The van der Waals surface area contributed by atoms with Gasteiger partial charge in [0.2, 0.25) is 0 Å². The predicted octanol–water partition coefficient (Wildman–Crippen LogP) is 1.60. The van der Waals surface area contributed by atoms with Crippen LogP contribution >= 0.6 is 11.3 Å². The lowest BCUT2D eigenvalue weighted by molar-refractivity contribution is 0.0927. The lowest BCUT2D eigenvalue weighted by atomic mass is 10.1. The minimum absolute atomic E-state index is 0.0327. The Balaban J connectivity index is 1.99. The standard InChI is InChI=1S/C12H18N2O2S/c1-2-9-11(17-7-13-9)12(16)14-10(5-6-15)8-3-4-8/h7-8,10,15H,2-6H2,1H3,(H,14,16). The summed E-state index contributed by atoms with van der Waals surface area (Å²) in [5.41, 5.74) is 2.58. The Morgan fingerprint density at radius 3 is 3.06 bits per heavy atom. The largest absolute Gasteiger partial charge is 0.396 e. The summed E-state index contributed by atoms with van der Waals surface area (Å²) in [5.74, 6) is 0.527. The van der Waals surface area contributed by atoms with E-state index in [0.717, 1.165) is 29.8 Å². The number of nitrogens with one attached hydrogen (secondary N) is 1. The molecule has 1 saturated carbocycles. The van der Waals surface area contributed by atoms with Gasteiger partial charge in [0.15, 0.2) is 0 Å². The highest BCUT2D eigenvalue weighted by Gasteiger charge is 2.32. The van der Waals surface area contributed by atoms with Crippen LogP contribution in [0, 0.1) is 5.92 Å². The van der Waals surface area contributed by atoms with E-state index in [1.54, 1.807) is 5.51 Å². The Morgan fingerprint density at radius 2 is 2.47 bits per heavy atom. The molecule has 1 aromatic rings. The lowest BCUT2D eigenvalue weighted by Gasteiger charge is -2.16. The van der Waals surface area contributed by atoms with Crippen LogP contribution in [-0.4, -0.2) is 28.6 Å². The quantitative estimate of drug-likeness (QED) is 0.810. The minimum Gasteiger partial charge on any atom is -0.396 e. The van der Waals surface area contributed by atoms with Crippen LogP contribution in [0.2, 0.25) is 0 Å². The van der Waals surface area contributed by atoms with Gasteiger partial charge in [-0.3, -0.25) is 4.79 Å². The minimum atomic E-state index is -0.0327. The maximum atomic E-state index is 12.1. The van der Waals surface area contributed by atoms with E-state index in [0.29, 0.717) is 12.3 Å². The van der Waals surface area contributed by atoms with Crippen molar-refractivity contribution in [1.82, 2.24) is 10.3 Å². The van der Waals surface area contributed by atoms with Crippen molar-refractivity contribution in [2.24, 2.45) is 5.92 Å². The average molecular weight is 254 g/mol. The average Bonchev–Trinajstić information content (AvgIpc) is 3.05. The van der Waals surface area contributed by atoms with Gasteiger partial charge in [-0.05, 0) is 31.6 Å². The molecule has 1 aromatic heterocycles. The van der Waals surface area contributed by atoms with E-state index in [4.69, 9.17) is 5.11 Å². The van der Waals surface area contributed by atoms with Crippen LogP contribution in [-0.2, 0) is 6.42 Å². The first kappa shape index (κ1) is 12.5. The fourth-order valence-corrected chi connectivity index (χ4v) is 2.79. The summed E-state index contributed by atoms with van der Waals surface area (Å²) >= 11 is 1.39. The molecule has 1 aliphatic rings. The molecule has 94 valence electrons. The zero-order valence-corrected chi connectivity index (χ0v) is 10.8. The summed E-state index contributed by atoms with van der Waals surface area (Å²) < 4.78 is 0. The van der Waals surface area contributed by atoms with E-state index >= 15 is 0 Å². The van der Waals surface area contributed by atoms with Crippen molar-refractivity contribution in [3.63, 3.8) is 0 Å². The third-order valence-electron chi connectivity index (χ3n) is 3.13. The van der Waals surface area contributed by atoms with E-state index in [9.17, 15) is 4.79 Å². The van der Waals surface area contributed by atoms with Crippen LogP contribution in [0.1, 0.15) is 41.6 Å². The highest BCUT2D eigenvalue weighted by atomic mass is 32.1. The fraction of sp³-hybridized carbons (Fsp3) is 0.667. The van der Waals surface area contributed by atoms with Gasteiger partial charge >= 0.3 is 0 Å². The molecule has 0 radical (unpaired) electrons. The van der Waals surface area contributed by atoms with Gasteiger partial charge in [-0.15, -0.1) is 11.3 Å². The third-order valence-corrected chi connectivity index (χ3v) is 4.00. The number of thiazole rings is 1. The van der Waals surface area contributed by atoms with E-state index in [1.165, 1.54) is 11.3 Å². The van der Waals surface area contributed by atoms with E-state index < -0.39 is 0 Å². The first-order chi connectivity index (χ1) is 8.26. The number of amides is 1. The van der Waals surface area contributed by atoms with Crippen LogP contribution in [0.25, 0.3) is 0 Å². The second kappa shape index (κ2) is 5.60. The number of aromatic nitrogens is 1. The van der Waals surface area contributed by atoms with Crippen LogP contribution in [0.15, 0.2) is 5.51 Å². The second-order valence-corrected chi connectivity index (χ2v) is 5.27. The number of carbonyl (C=O) groups is 1. The van der Waals surface area contributed by atoms with Crippen LogP contribution in [0.3, 0.4) is 0 Å². The number of aliphatic hydroxyl groups is 1. The number of nitrogens with zero attached hydrogens (tertiary/aromatic N) is 1. The smallest absolute Gasteiger partial charge is 0.263 e. The molecule has 0 aliphatic heterocycles. The van der Waals surface area contributed by atoms with Gasteiger partial charge in [0.1, 0.15) is 4.88 Å². The molecule has 2 N–H and O–H groups in total. The van der Waals surface area contributed by atoms with Crippen molar-refractivity contribution < 1.29 is 9.90 Å². The third kappa shape index (κ3) is 3.04. The molecule has 1 fully saturated rings. The molecule has 0 bridgehead atoms. The van der Waals surface area contributed by atoms with Crippen molar-refractivity contribution >= 4 is 17.2 Å². The Kier molecular flexibility index (Phi) is 4.12. The van der Waals surface area contributed by atoms with Gasteiger partial charge in [0.05, 0.1) is 11.2 Å². The van der Waals surface area contributed by atoms with E-state index in [2.05, 4.69) is 10.3 Å². The van der Waals surface area contributed by atoms with E-state index in [-0.39, 0.29) is 18.6 Å². The molecule has 17 heavy (non-hydrogen) atoms. The maximum absolute atomic E-state index is 12.1. The highest BCUT2D eigenvalue weighted by molar-refractivity contribution is 7.11. The molecule has 1 aliphatic carbocycles. The number of hydrogen-bond donors (Lipinski definition) is 2. The zero-order chi connectivity index (χ0) is 12.3. The summed E-state index contributed by atoms with van der Waals surface area (Å²) in [6, 6.07) is 0.124. The summed E-state index contributed by atoms with van der Waals surface area (Å²) in [7, 11) is 0. The Labute approximate surface area is 105 Å². The Hall–Kier alpha value is -0.940. The first-order valence-corrected chi connectivity index (χ1v) is 6.98. The van der Waals surface area contributed by atoms with Crippen molar-refractivity contribution in [1.29, 1.82) is 0 Å². The number of aliphatic hydroxyl groups excluding tert-OH is 1. The molecule has 4 nitrogen and oxygen atoms in total. The van der Waals surface area contributed by atoms with Gasteiger partial charge in [0.25, 0.3) is 5.91 Å². The Morgan fingerprint density at radius 1 is 1.71 bits per heavy atom. The molecule has 0 saturated heterocycles. The number of hydrogen-bond acceptors (Lipinski definition) is 4. The van der Waals surface area contributed by atoms with Crippen LogP contribution in [0.4, 0.5) is 0 Å². The van der Waals surface area contributed by atoms with Gasteiger partial charge in [-0.2, -0.15) is 0 Å². The summed E-state index contributed by atoms with van der Waals surface area (Å²) in [6.07, 6.45) is 3.75. The van der Waals surface area contributed by atoms with E-state index in [1.807, 2.05) is 6.92 Å². The summed E-state index contributed by atoms with van der Waals surface area (Å²) in [4.78, 5) is 17.0. The number of aryl methyl sites for hydroxylation is 1. The van der Waals surface area contributed by atoms with Gasteiger partial charge in [0, 0.05) is 12.6 Å². The van der Waals surface area contributed by atoms with Gasteiger partial charge in [-0.25, -0.2) is 4.98 Å². The first-order valence-electron chi connectivity index (χ1n) is 6.10. The molecule has 1 atom stereocenters. The van der Waals surface area contributed by atoms with Crippen LogP contribution in [0.5, 0.6) is 0 Å². The second-order valence-electron chi connectivity index (χ2n) is 4.41. The maximum Gasteiger partial charge on any atom is 0.263 e. The van der Waals surface area contributed by atoms with Crippen LogP contribution < -0.4 is 5.32 Å². The van der Waals surface area contributed by atoms with Crippen molar-refractivity contribution in [2.75, 3.05) is 6.61 Å². The molecule has 2 rings (SSSR count).